The van der Waals surface area contributed by atoms with Gasteiger partial charge in [0.25, 0.3) is 0 Å². The molecule has 0 saturated heterocycles. The van der Waals surface area contributed by atoms with Gasteiger partial charge < -0.3 is 14.0 Å². The molecule has 0 spiro atoms. The van der Waals surface area contributed by atoms with Gasteiger partial charge in [0, 0.05) is 56.5 Å². The van der Waals surface area contributed by atoms with E-state index in [9.17, 15) is 0 Å². The number of nitrogens with zero attached hydrogens (tertiary/aromatic N) is 6. The SMILES string of the molecule is CC(C)c1cc(-c2ccccc2)cc(C(C)C)c1-n1c(-c2[c-]c3ccccc3c3c2oc2cc(-c4nc(C(C)(C)C)nc(C(C)(C)C)n4)ccc23)nc2ccccc21.[2H]C([2H])(c1ccc(-c2[c-]cccc2)nc1)C(C)(C)C.[Ir]. The van der Waals surface area contributed by atoms with Crippen molar-refractivity contribution in [2.45, 2.75) is 119 Å². The number of fused-ring (bicyclic) bond motifs is 6. The summed E-state index contributed by atoms with van der Waals surface area (Å²) >= 11 is 0. The van der Waals surface area contributed by atoms with Gasteiger partial charge in [-0.3, -0.25) is 4.98 Å². The summed E-state index contributed by atoms with van der Waals surface area (Å²) in [6.07, 6.45) is 0.223. The second-order valence-corrected chi connectivity index (χ2v) is 23.4. The normalized spacial score (nSPS) is 12.8. The number of imidazole rings is 1. The summed E-state index contributed by atoms with van der Waals surface area (Å²) in [7, 11) is 0. The molecule has 11 rings (SSSR count). The minimum atomic E-state index is -1.40. The molecule has 0 saturated carbocycles. The molecule has 8 heteroatoms. The van der Waals surface area contributed by atoms with Crippen LogP contribution in [0.5, 0.6) is 0 Å². The minimum Gasteiger partial charge on any atom is -0.491 e. The molecule has 387 valence electrons. The van der Waals surface area contributed by atoms with Gasteiger partial charge in [0.1, 0.15) is 17.2 Å². The fourth-order valence-corrected chi connectivity index (χ4v) is 9.66. The van der Waals surface area contributed by atoms with Crippen molar-refractivity contribution in [2.24, 2.45) is 5.41 Å². The van der Waals surface area contributed by atoms with E-state index in [1.165, 1.54) is 27.9 Å². The Morgan fingerprint density at radius 2 is 1.26 bits per heavy atom. The third-order valence-corrected chi connectivity index (χ3v) is 13.4. The van der Waals surface area contributed by atoms with Crippen molar-refractivity contribution in [1.29, 1.82) is 0 Å². The van der Waals surface area contributed by atoms with E-state index in [1.807, 2.05) is 57.2 Å². The summed E-state index contributed by atoms with van der Waals surface area (Å²) in [5, 5.41) is 4.15. The molecule has 0 amide bonds. The molecule has 7 nitrogen and oxygen atoms in total. The zero-order valence-corrected chi connectivity index (χ0v) is 48.4. The van der Waals surface area contributed by atoms with Crippen molar-refractivity contribution in [3.63, 3.8) is 0 Å². The van der Waals surface area contributed by atoms with E-state index < -0.39 is 11.8 Å². The maximum atomic E-state index is 8.21. The molecular formula is C68H68IrN6O-2. The molecule has 0 aliphatic heterocycles. The van der Waals surface area contributed by atoms with Gasteiger partial charge in [-0.05, 0) is 98.4 Å². The molecular weight excluding hydrogens is 1110 g/mol. The Kier molecular flexibility index (Phi) is 14.2. The Bertz CT molecular complexity index is 3890. The molecule has 0 aliphatic carbocycles. The largest absolute Gasteiger partial charge is 0.491 e. The van der Waals surface area contributed by atoms with Crippen LogP contribution >= 0.6 is 0 Å². The van der Waals surface area contributed by atoms with Crippen molar-refractivity contribution in [3.05, 3.63) is 192 Å². The van der Waals surface area contributed by atoms with Crippen LogP contribution in [-0.4, -0.2) is 29.5 Å². The maximum absolute atomic E-state index is 8.21. The molecule has 0 atom stereocenters. The first-order valence-electron chi connectivity index (χ1n) is 27.2. The van der Waals surface area contributed by atoms with E-state index in [0.29, 0.717) is 11.4 Å². The van der Waals surface area contributed by atoms with E-state index >= 15 is 0 Å². The molecule has 0 unspecified atom stereocenters. The second-order valence-electron chi connectivity index (χ2n) is 23.4. The van der Waals surface area contributed by atoms with E-state index in [2.05, 4.69) is 200 Å². The number of furan rings is 1. The van der Waals surface area contributed by atoms with Crippen LogP contribution in [0.2, 0.25) is 0 Å². The number of hydrogen-bond donors (Lipinski definition) is 0. The molecule has 0 bridgehead atoms. The third-order valence-electron chi connectivity index (χ3n) is 13.4. The maximum Gasteiger partial charge on any atom is 0.163 e. The Morgan fingerprint density at radius 1 is 0.618 bits per heavy atom. The summed E-state index contributed by atoms with van der Waals surface area (Å²) in [4.78, 5) is 24.8. The first-order valence-corrected chi connectivity index (χ1v) is 26.2. The number of rotatable bonds is 8. The smallest absolute Gasteiger partial charge is 0.163 e. The van der Waals surface area contributed by atoms with Gasteiger partial charge >= 0.3 is 0 Å². The van der Waals surface area contributed by atoms with Gasteiger partial charge in [0.05, 0.1) is 22.4 Å². The number of para-hydroxylation sites is 2. The molecule has 0 N–H and O–H groups in total. The van der Waals surface area contributed by atoms with Gasteiger partial charge in [0.15, 0.2) is 5.82 Å². The number of aromatic nitrogens is 6. The van der Waals surface area contributed by atoms with Crippen molar-refractivity contribution < 1.29 is 27.3 Å². The monoisotopic (exact) mass is 1180 g/mol. The zero-order valence-electron chi connectivity index (χ0n) is 48.0. The summed E-state index contributed by atoms with van der Waals surface area (Å²) in [5.74, 6) is 3.47. The van der Waals surface area contributed by atoms with E-state index in [0.717, 1.165) is 83.6 Å². The predicted molar refractivity (Wildman–Crippen MR) is 312 cm³/mol. The van der Waals surface area contributed by atoms with Gasteiger partial charge in [-0.15, -0.1) is 53.4 Å². The number of benzene rings is 7. The van der Waals surface area contributed by atoms with E-state index in [-0.39, 0.29) is 42.8 Å². The van der Waals surface area contributed by atoms with E-state index in [4.69, 9.17) is 27.1 Å². The standard InChI is InChI=1S/C52H50N5O.C16H18N.Ir/c1-30(2)38-27-35(32-18-12-11-13-19-32)28-39(31(3)4)45(38)57-42-23-17-16-22-41(42)53-48(57)40-26-33-20-14-15-21-36(33)44-37-25-24-34(29-43(37)58-46(40)44)47-54-49(51(5,6)7)56-50(55-47)52(8,9)10;1-16(2,3)11-13-9-10-15(17-12-13)14-7-5-4-6-8-14;/h11-25,27-31H,1-10H3;4-7,9-10,12H,11H2,1-3H3;/q2*-1;/i;11D2;. The molecule has 7 aromatic carbocycles. The fourth-order valence-electron chi connectivity index (χ4n) is 9.66. The predicted octanol–water partition coefficient (Wildman–Crippen LogP) is 18.0. The molecule has 0 aliphatic rings. The molecule has 4 heterocycles. The van der Waals surface area contributed by atoms with Crippen LogP contribution in [-0.2, 0) is 37.3 Å². The number of hydrogen-bond acceptors (Lipinski definition) is 6. The Hall–Kier alpha value is -7.12. The topological polar surface area (TPSA) is 82.5 Å². The van der Waals surface area contributed by atoms with Gasteiger partial charge in [-0.2, -0.15) is 0 Å². The van der Waals surface area contributed by atoms with Crippen LogP contribution < -0.4 is 0 Å². The van der Waals surface area contributed by atoms with Crippen molar-refractivity contribution >= 4 is 43.7 Å². The average Bonchev–Trinajstić information content (AvgIpc) is 4.23. The quantitative estimate of drug-likeness (QED) is 0.141. The summed E-state index contributed by atoms with van der Waals surface area (Å²) in [6, 6.07) is 57.0. The molecule has 1 radical (unpaired) electrons. The van der Waals surface area contributed by atoms with Crippen LogP contribution in [0, 0.1) is 17.5 Å². The van der Waals surface area contributed by atoms with Crippen LogP contribution in [0.25, 0.3) is 94.6 Å². The second kappa shape index (κ2) is 21.1. The van der Waals surface area contributed by atoms with Gasteiger partial charge in [-0.25, -0.2) is 15.0 Å². The minimum absolute atomic E-state index is 0. The average molecular weight is 1180 g/mol. The van der Waals surface area contributed by atoms with Crippen LogP contribution in [0.1, 0.15) is 133 Å². The molecule has 11 aromatic rings. The fraction of sp³-hybridized carbons (Fsp3) is 0.279. The van der Waals surface area contributed by atoms with Gasteiger partial charge in [-0.1, -0.05) is 180 Å². The first-order chi connectivity index (χ1) is 36.5. The van der Waals surface area contributed by atoms with Crippen molar-refractivity contribution in [3.8, 4) is 50.8 Å². The number of pyridine rings is 1. The van der Waals surface area contributed by atoms with E-state index in [1.54, 1.807) is 6.20 Å². The Morgan fingerprint density at radius 3 is 1.88 bits per heavy atom. The first kappa shape index (κ1) is 51.0. The molecule has 4 aromatic heterocycles. The summed E-state index contributed by atoms with van der Waals surface area (Å²) < 4.78 is 25.9. The third kappa shape index (κ3) is 10.9. The zero-order chi connectivity index (χ0) is 54.8. The van der Waals surface area contributed by atoms with Gasteiger partial charge in [0.2, 0.25) is 0 Å². The summed E-state index contributed by atoms with van der Waals surface area (Å²) in [6.45, 7) is 27.7. The Balaban J connectivity index is 0.000000313. The molecule has 0 fully saturated rings. The summed E-state index contributed by atoms with van der Waals surface area (Å²) in [5.41, 5.74) is 12.7. The molecule has 76 heavy (non-hydrogen) atoms. The van der Waals surface area contributed by atoms with Crippen molar-refractivity contribution in [2.75, 3.05) is 0 Å². The van der Waals surface area contributed by atoms with Crippen molar-refractivity contribution in [1.82, 2.24) is 29.5 Å². The van der Waals surface area contributed by atoms with Crippen LogP contribution in [0.15, 0.2) is 156 Å². The Labute approximate surface area is 465 Å². The van der Waals surface area contributed by atoms with Crippen LogP contribution in [0.4, 0.5) is 0 Å². The van der Waals surface area contributed by atoms with Crippen LogP contribution in [0.3, 0.4) is 0 Å².